The van der Waals surface area contributed by atoms with Crippen molar-refractivity contribution in [3.05, 3.63) is 35.1 Å². The van der Waals surface area contributed by atoms with E-state index in [0.717, 1.165) is 19.4 Å². The van der Waals surface area contributed by atoms with Crippen LogP contribution in [0.25, 0.3) is 0 Å². The maximum absolute atomic E-state index is 14.1. The molecular formula is C14H22FN3O. The summed E-state index contributed by atoms with van der Waals surface area (Å²) in [6, 6.07) is 4.89. The summed E-state index contributed by atoms with van der Waals surface area (Å²) in [6.45, 7) is 5.60. The van der Waals surface area contributed by atoms with Gasteiger partial charge >= 0.3 is 0 Å². The van der Waals surface area contributed by atoms with E-state index in [1.807, 2.05) is 0 Å². The topological polar surface area (TPSA) is 70.6 Å². The van der Waals surface area contributed by atoms with Gasteiger partial charge in [-0.1, -0.05) is 44.0 Å². The third-order valence-electron chi connectivity index (χ3n) is 3.37. The average molecular weight is 267 g/mol. The Bertz CT molecular complexity index is 431. The predicted octanol–water partition coefficient (Wildman–Crippen LogP) is 2.45. The van der Waals surface area contributed by atoms with Gasteiger partial charge in [0.15, 0.2) is 5.84 Å². The quantitative estimate of drug-likeness (QED) is 0.307. The first-order chi connectivity index (χ1) is 9.13. The molecule has 106 valence electrons. The smallest absolute Gasteiger partial charge is 0.173 e. The third kappa shape index (κ3) is 4.21. The fourth-order valence-corrected chi connectivity index (χ4v) is 1.96. The van der Waals surface area contributed by atoms with E-state index in [1.165, 1.54) is 6.07 Å². The van der Waals surface area contributed by atoms with E-state index < -0.39 is 5.82 Å². The number of nitrogens with two attached hydrogens (primary N) is 1. The number of amidine groups is 1. The van der Waals surface area contributed by atoms with Crippen LogP contribution in [0.1, 0.15) is 37.8 Å². The van der Waals surface area contributed by atoms with Gasteiger partial charge in [0.25, 0.3) is 0 Å². The Morgan fingerprint density at radius 3 is 2.68 bits per heavy atom. The van der Waals surface area contributed by atoms with Gasteiger partial charge in [-0.15, -0.1) is 0 Å². The van der Waals surface area contributed by atoms with E-state index in [0.29, 0.717) is 18.0 Å². The molecular weight excluding hydrogens is 245 g/mol. The molecule has 19 heavy (non-hydrogen) atoms. The maximum atomic E-state index is 14.1. The first-order valence-electron chi connectivity index (χ1n) is 6.59. The molecule has 0 fully saturated rings. The molecule has 0 aromatic heterocycles. The number of rotatable bonds is 7. The van der Waals surface area contributed by atoms with Crippen molar-refractivity contribution in [2.45, 2.75) is 33.2 Å². The second-order valence-electron chi connectivity index (χ2n) is 4.58. The van der Waals surface area contributed by atoms with Crippen LogP contribution in [0.5, 0.6) is 0 Å². The first kappa shape index (κ1) is 15.4. The highest BCUT2D eigenvalue weighted by Gasteiger charge is 2.11. The molecule has 0 amide bonds. The van der Waals surface area contributed by atoms with E-state index >= 15 is 0 Å². The van der Waals surface area contributed by atoms with Crippen molar-refractivity contribution in [1.82, 2.24) is 5.32 Å². The number of nitrogens with one attached hydrogen (secondary N) is 1. The van der Waals surface area contributed by atoms with Crippen molar-refractivity contribution in [1.29, 1.82) is 0 Å². The summed E-state index contributed by atoms with van der Waals surface area (Å²) in [5.41, 5.74) is 6.08. The summed E-state index contributed by atoms with van der Waals surface area (Å²) < 4.78 is 14.1. The molecule has 0 aliphatic carbocycles. The number of nitrogens with zero attached hydrogens (tertiary/aromatic N) is 1. The second kappa shape index (κ2) is 7.74. The van der Waals surface area contributed by atoms with Crippen molar-refractivity contribution in [2.75, 3.05) is 6.54 Å². The minimum absolute atomic E-state index is 0.129. The molecule has 4 N–H and O–H groups in total. The first-order valence-corrected chi connectivity index (χ1v) is 6.59. The van der Waals surface area contributed by atoms with Crippen LogP contribution < -0.4 is 11.1 Å². The zero-order chi connectivity index (χ0) is 14.3. The molecule has 5 heteroatoms. The monoisotopic (exact) mass is 267 g/mol. The van der Waals surface area contributed by atoms with Crippen LogP contribution >= 0.6 is 0 Å². The lowest BCUT2D eigenvalue weighted by Crippen LogP contribution is -2.23. The highest BCUT2D eigenvalue weighted by molar-refractivity contribution is 5.97. The van der Waals surface area contributed by atoms with Crippen molar-refractivity contribution >= 4 is 5.84 Å². The summed E-state index contributed by atoms with van der Waals surface area (Å²) in [6.07, 6.45) is 2.21. The van der Waals surface area contributed by atoms with Crippen LogP contribution in [0.15, 0.2) is 23.4 Å². The van der Waals surface area contributed by atoms with E-state index in [-0.39, 0.29) is 11.4 Å². The van der Waals surface area contributed by atoms with E-state index in [2.05, 4.69) is 24.3 Å². The summed E-state index contributed by atoms with van der Waals surface area (Å²) >= 11 is 0. The Hall–Kier alpha value is -1.62. The van der Waals surface area contributed by atoms with Gasteiger partial charge in [-0.2, -0.15) is 0 Å². The van der Waals surface area contributed by atoms with Gasteiger partial charge in [0.2, 0.25) is 0 Å². The molecule has 0 unspecified atom stereocenters. The largest absolute Gasteiger partial charge is 0.409 e. The van der Waals surface area contributed by atoms with Gasteiger partial charge in [-0.3, -0.25) is 0 Å². The van der Waals surface area contributed by atoms with Gasteiger partial charge in [0.05, 0.1) is 5.56 Å². The van der Waals surface area contributed by atoms with Crippen molar-refractivity contribution < 1.29 is 9.60 Å². The van der Waals surface area contributed by atoms with Crippen LogP contribution in [-0.4, -0.2) is 17.6 Å². The van der Waals surface area contributed by atoms with Crippen LogP contribution in [-0.2, 0) is 6.54 Å². The molecule has 0 saturated heterocycles. The van der Waals surface area contributed by atoms with Gasteiger partial charge in [-0.25, -0.2) is 4.39 Å². The Labute approximate surface area is 113 Å². The predicted molar refractivity (Wildman–Crippen MR) is 74.7 cm³/mol. The van der Waals surface area contributed by atoms with Crippen LogP contribution in [0, 0.1) is 11.7 Å². The SMILES string of the molecule is CCC(CC)CNCc1cccc(/C(N)=N/O)c1F. The fourth-order valence-electron chi connectivity index (χ4n) is 1.96. The lowest BCUT2D eigenvalue weighted by Gasteiger charge is -2.14. The Balaban J connectivity index is 2.69. The maximum Gasteiger partial charge on any atom is 0.173 e. The summed E-state index contributed by atoms with van der Waals surface area (Å²) in [5.74, 6) is -0.0375. The summed E-state index contributed by atoms with van der Waals surface area (Å²) in [5, 5.41) is 14.7. The highest BCUT2D eigenvalue weighted by atomic mass is 19.1. The standard InChI is InChI=1S/C14H22FN3O/c1-3-10(4-2)8-17-9-11-6-5-7-12(13(11)15)14(16)18-19/h5-7,10,17,19H,3-4,8-9H2,1-2H3,(H2,16,18). The molecule has 0 heterocycles. The van der Waals surface area contributed by atoms with Crippen molar-refractivity contribution in [2.24, 2.45) is 16.8 Å². The molecule has 0 saturated carbocycles. The molecule has 1 rings (SSSR count). The lowest BCUT2D eigenvalue weighted by atomic mass is 10.0. The number of benzene rings is 1. The minimum atomic E-state index is -0.435. The van der Waals surface area contributed by atoms with Gasteiger partial charge in [0.1, 0.15) is 5.82 Å². The molecule has 1 aromatic rings. The van der Waals surface area contributed by atoms with Gasteiger partial charge in [-0.05, 0) is 18.5 Å². The van der Waals surface area contributed by atoms with E-state index in [9.17, 15) is 4.39 Å². The summed E-state index contributed by atoms with van der Waals surface area (Å²) in [7, 11) is 0. The van der Waals surface area contributed by atoms with Gasteiger partial charge in [0, 0.05) is 12.1 Å². The van der Waals surface area contributed by atoms with Crippen molar-refractivity contribution in [3.8, 4) is 0 Å². The molecule has 0 spiro atoms. The van der Waals surface area contributed by atoms with Crippen molar-refractivity contribution in [3.63, 3.8) is 0 Å². The Morgan fingerprint density at radius 1 is 1.42 bits per heavy atom. The normalized spacial score (nSPS) is 12.1. The number of halogens is 1. The average Bonchev–Trinajstić information content (AvgIpc) is 2.44. The second-order valence-corrected chi connectivity index (χ2v) is 4.58. The lowest BCUT2D eigenvalue weighted by molar-refractivity contribution is 0.318. The van der Waals surface area contributed by atoms with Crippen LogP contribution in [0.2, 0.25) is 0 Å². The number of hydrogen-bond acceptors (Lipinski definition) is 3. The van der Waals surface area contributed by atoms with Crippen LogP contribution in [0.3, 0.4) is 0 Å². The number of oxime groups is 1. The van der Waals surface area contributed by atoms with Gasteiger partial charge < -0.3 is 16.3 Å². The molecule has 0 aliphatic heterocycles. The molecule has 0 bridgehead atoms. The zero-order valence-corrected chi connectivity index (χ0v) is 11.5. The Morgan fingerprint density at radius 2 is 2.11 bits per heavy atom. The molecule has 0 aliphatic rings. The molecule has 0 radical (unpaired) electrons. The summed E-state index contributed by atoms with van der Waals surface area (Å²) in [4.78, 5) is 0. The van der Waals surface area contributed by atoms with E-state index in [1.54, 1.807) is 12.1 Å². The Kier molecular flexibility index (Phi) is 6.29. The van der Waals surface area contributed by atoms with E-state index in [4.69, 9.17) is 10.9 Å². The van der Waals surface area contributed by atoms with Crippen LogP contribution in [0.4, 0.5) is 4.39 Å². The molecule has 1 aromatic carbocycles. The fraction of sp³-hybridized carbons (Fsp3) is 0.500. The third-order valence-corrected chi connectivity index (χ3v) is 3.37. The zero-order valence-electron chi connectivity index (χ0n) is 11.5. The minimum Gasteiger partial charge on any atom is -0.409 e. The highest BCUT2D eigenvalue weighted by Crippen LogP contribution is 2.13. The molecule has 4 nitrogen and oxygen atoms in total. The molecule has 0 atom stereocenters. The number of hydrogen-bond donors (Lipinski definition) is 3.